The van der Waals surface area contributed by atoms with Gasteiger partial charge in [-0.05, 0) is 13.0 Å². The summed E-state index contributed by atoms with van der Waals surface area (Å²) in [7, 11) is 0. The van der Waals surface area contributed by atoms with Gasteiger partial charge < -0.3 is 4.74 Å². The first-order valence-electron chi connectivity index (χ1n) is 6.83. The van der Waals surface area contributed by atoms with E-state index in [2.05, 4.69) is 4.98 Å². The van der Waals surface area contributed by atoms with Crippen molar-refractivity contribution in [2.75, 3.05) is 6.61 Å². The molecule has 6 nitrogen and oxygen atoms in total. The smallest absolute Gasteiger partial charge is 0.433 e. The van der Waals surface area contributed by atoms with Gasteiger partial charge in [0, 0.05) is 29.5 Å². The van der Waals surface area contributed by atoms with E-state index in [0.717, 1.165) is 30.5 Å². The van der Waals surface area contributed by atoms with E-state index < -0.39 is 28.5 Å². The molecule has 0 N–H and O–H groups in total. The minimum Gasteiger partial charge on any atom is -0.462 e. The van der Waals surface area contributed by atoms with Crippen LogP contribution in [0.3, 0.4) is 0 Å². The van der Waals surface area contributed by atoms with Crippen molar-refractivity contribution in [3.8, 4) is 11.1 Å². The molecular weight excluding hydrogens is 365 g/mol. The summed E-state index contributed by atoms with van der Waals surface area (Å²) >= 11 is 6.02. The van der Waals surface area contributed by atoms with E-state index in [-0.39, 0.29) is 28.3 Å². The van der Waals surface area contributed by atoms with E-state index in [1.165, 1.54) is 6.92 Å². The largest absolute Gasteiger partial charge is 0.462 e. The molecule has 0 amide bonds. The van der Waals surface area contributed by atoms with Crippen LogP contribution in [0.1, 0.15) is 23.0 Å². The quantitative estimate of drug-likeness (QED) is 0.447. The molecule has 0 bridgehead atoms. The first-order valence-corrected chi connectivity index (χ1v) is 7.21. The monoisotopic (exact) mass is 374 g/mol. The number of hydrogen-bond donors (Lipinski definition) is 0. The molecule has 10 heteroatoms. The van der Waals surface area contributed by atoms with Gasteiger partial charge in [-0.1, -0.05) is 17.7 Å². The number of carbonyl (C=O) groups excluding carboxylic acids is 1. The molecule has 0 fully saturated rings. The molecular formula is C15H10ClF3N2O4. The number of alkyl halides is 3. The Bertz CT molecular complexity index is 823. The molecule has 0 aliphatic heterocycles. The van der Waals surface area contributed by atoms with E-state index in [1.54, 1.807) is 0 Å². The van der Waals surface area contributed by atoms with Crippen molar-refractivity contribution in [2.45, 2.75) is 13.1 Å². The number of aromatic nitrogens is 1. The second-order valence-corrected chi connectivity index (χ2v) is 5.16. The van der Waals surface area contributed by atoms with Crippen molar-refractivity contribution >= 4 is 23.3 Å². The highest BCUT2D eigenvalue weighted by Gasteiger charge is 2.32. The van der Waals surface area contributed by atoms with Crippen molar-refractivity contribution in [2.24, 2.45) is 0 Å². The SMILES string of the molecule is CCOC(=O)c1cc([N+](=O)[O-])cc(Cl)c1-c1ccc(C(F)(F)F)nc1. The first kappa shape index (κ1) is 18.7. The zero-order chi connectivity index (χ0) is 18.8. The molecule has 2 aromatic rings. The fourth-order valence-corrected chi connectivity index (χ4v) is 2.39. The number of non-ortho nitro benzene ring substituents is 1. The van der Waals surface area contributed by atoms with Gasteiger partial charge in [-0.25, -0.2) is 4.79 Å². The maximum Gasteiger partial charge on any atom is 0.433 e. The van der Waals surface area contributed by atoms with E-state index >= 15 is 0 Å². The minimum absolute atomic E-state index is 0.00382. The zero-order valence-corrected chi connectivity index (χ0v) is 13.4. The molecule has 1 aromatic carbocycles. The summed E-state index contributed by atoms with van der Waals surface area (Å²) in [6.45, 7) is 1.54. The summed E-state index contributed by atoms with van der Waals surface area (Å²) in [4.78, 5) is 25.6. The fourth-order valence-electron chi connectivity index (χ4n) is 2.07. The molecule has 0 atom stereocenters. The van der Waals surface area contributed by atoms with E-state index in [9.17, 15) is 28.1 Å². The lowest BCUT2D eigenvalue weighted by Gasteiger charge is -2.12. The van der Waals surface area contributed by atoms with Crippen LogP contribution >= 0.6 is 11.6 Å². The van der Waals surface area contributed by atoms with Crippen LogP contribution < -0.4 is 0 Å². The summed E-state index contributed by atoms with van der Waals surface area (Å²) < 4.78 is 42.7. The summed E-state index contributed by atoms with van der Waals surface area (Å²) in [6.07, 6.45) is -3.74. The lowest BCUT2D eigenvalue weighted by molar-refractivity contribution is -0.384. The Morgan fingerprint density at radius 3 is 2.52 bits per heavy atom. The van der Waals surface area contributed by atoms with Gasteiger partial charge in [-0.15, -0.1) is 0 Å². The Labute approximate surface area is 144 Å². The number of carbonyl (C=O) groups is 1. The molecule has 0 aliphatic carbocycles. The second kappa shape index (κ2) is 7.06. The Kier molecular flexibility index (Phi) is 5.27. The van der Waals surface area contributed by atoms with Gasteiger partial charge in [0.15, 0.2) is 0 Å². The number of nitrogens with zero attached hydrogens (tertiary/aromatic N) is 2. The first-order chi connectivity index (χ1) is 11.6. The van der Waals surface area contributed by atoms with Crippen LogP contribution in [-0.2, 0) is 10.9 Å². The third kappa shape index (κ3) is 4.05. The number of ether oxygens (including phenoxy) is 1. The number of halogens is 4. The van der Waals surface area contributed by atoms with E-state index in [1.807, 2.05) is 0 Å². The Morgan fingerprint density at radius 1 is 1.36 bits per heavy atom. The zero-order valence-electron chi connectivity index (χ0n) is 12.6. The maximum atomic E-state index is 12.6. The molecule has 0 saturated heterocycles. The van der Waals surface area contributed by atoms with Crippen LogP contribution in [0.15, 0.2) is 30.5 Å². The minimum atomic E-state index is -4.62. The Morgan fingerprint density at radius 2 is 2.04 bits per heavy atom. The van der Waals surface area contributed by atoms with Gasteiger partial charge in [0.1, 0.15) is 5.69 Å². The Balaban J connectivity index is 2.63. The van der Waals surface area contributed by atoms with Gasteiger partial charge in [0.05, 0.1) is 22.1 Å². The topological polar surface area (TPSA) is 82.3 Å². The van der Waals surface area contributed by atoms with Crippen LogP contribution in [0, 0.1) is 10.1 Å². The molecule has 0 radical (unpaired) electrons. The third-order valence-corrected chi connectivity index (χ3v) is 3.42. The van der Waals surface area contributed by atoms with Crippen molar-refractivity contribution in [3.05, 3.63) is 56.9 Å². The molecule has 132 valence electrons. The summed E-state index contributed by atoms with van der Waals surface area (Å²) in [5.74, 6) is -0.886. The van der Waals surface area contributed by atoms with Crippen LogP contribution in [0.2, 0.25) is 5.02 Å². The number of rotatable bonds is 4. The molecule has 0 spiro atoms. The molecule has 1 heterocycles. The molecule has 25 heavy (non-hydrogen) atoms. The molecule has 0 aliphatic rings. The van der Waals surface area contributed by atoms with Crippen LogP contribution in [0.5, 0.6) is 0 Å². The third-order valence-electron chi connectivity index (χ3n) is 3.12. The van der Waals surface area contributed by atoms with Crippen LogP contribution in [-0.4, -0.2) is 22.5 Å². The summed E-state index contributed by atoms with van der Waals surface area (Å²) in [5, 5.41) is 10.8. The average Bonchev–Trinajstić information content (AvgIpc) is 2.53. The highest BCUT2D eigenvalue weighted by atomic mass is 35.5. The number of pyridine rings is 1. The Hall–Kier alpha value is -2.68. The molecule has 0 unspecified atom stereocenters. The predicted octanol–water partition coefficient (Wildman–Crippen LogP) is 4.51. The number of nitro groups is 1. The summed E-state index contributed by atoms with van der Waals surface area (Å²) in [5.41, 5.74) is -1.70. The highest BCUT2D eigenvalue weighted by Crippen LogP contribution is 2.36. The van der Waals surface area contributed by atoms with Gasteiger partial charge in [-0.3, -0.25) is 15.1 Å². The number of benzene rings is 1. The molecule has 0 saturated carbocycles. The van der Waals surface area contributed by atoms with Crippen molar-refractivity contribution in [1.82, 2.24) is 4.98 Å². The number of nitro benzene ring substituents is 1. The number of hydrogen-bond acceptors (Lipinski definition) is 5. The fraction of sp³-hybridized carbons (Fsp3) is 0.200. The molecule has 2 rings (SSSR count). The predicted molar refractivity (Wildman–Crippen MR) is 82.3 cm³/mol. The second-order valence-electron chi connectivity index (χ2n) is 4.76. The van der Waals surface area contributed by atoms with E-state index in [0.29, 0.717) is 0 Å². The van der Waals surface area contributed by atoms with Crippen LogP contribution in [0.4, 0.5) is 18.9 Å². The lowest BCUT2D eigenvalue weighted by Crippen LogP contribution is -2.09. The average molecular weight is 375 g/mol. The van der Waals surface area contributed by atoms with Crippen LogP contribution in [0.25, 0.3) is 11.1 Å². The van der Waals surface area contributed by atoms with Crippen molar-refractivity contribution < 1.29 is 27.6 Å². The van der Waals surface area contributed by atoms with E-state index in [4.69, 9.17) is 16.3 Å². The van der Waals surface area contributed by atoms with Crippen molar-refractivity contribution in [3.63, 3.8) is 0 Å². The molecule has 1 aromatic heterocycles. The van der Waals surface area contributed by atoms with Gasteiger partial charge in [0.25, 0.3) is 5.69 Å². The highest BCUT2D eigenvalue weighted by molar-refractivity contribution is 6.34. The lowest BCUT2D eigenvalue weighted by atomic mass is 10.00. The maximum absolute atomic E-state index is 12.6. The van der Waals surface area contributed by atoms with Gasteiger partial charge >= 0.3 is 12.1 Å². The standard InChI is InChI=1S/C15H10ClF3N2O4/c1-2-25-14(22)10-5-9(21(23)24)6-11(16)13(10)8-3-4-12(20-7-8)15(17,18)19/h3-7H,2H2,1H3. The van der Waals surface area contributed by atoms with Gasteiger partial charge in [0.2, 0.25) is 0 Å². The van der Waals surface area contributed by atoms with Gasteiger partial charge in [-0.2, -0.15) is 13.2 Å². The number of esters is 1. The normalized spacial score (nSPS) is 11.2. The summed E-state index contributed by atoms with van der Waals surface area (Å²) in [6, 6.07) is 3.75. The van der Waals surface area contributed by atoms with Crippen molar-refractivity contribution in [1.29, 1.82) is 0 Å².